The fraction of sp³-hybridized carbons (Fsp3) is 0.323. The molecule has 0 saturated heterocycles. The first kappa shape index (κ1) is 47.2. The summed E-state index contributed by atoms with van der Waals surface area (Å²) in [5.74, 6) is -7.16. The van der Waals surface area contributed by atoms with Crippen molar-refractivity contribution in [3.05, 3.63) is 78.2 Å². The number of benzene rings is 2. The van der Waals surface area contributed by atoms with Crippen molar-refractivity contribution >= 4 is 47.5 Å². The first-order chi connectivity index (χ1) is 22.4. The number of amides is 4. The van der Waals surface area contributed by atoms with Gasteiger partial charge in [-0.05, 0) is 24.3 Å². The second-order valence-corrected chi connectivity index (χ2v) is 10.4. The molecule has 0 fully saturated rings. The SMILES string of the molecule is CC(CN)C(=O)O.CC(CN1C(=O)c2ccccc2C1=O)C(=O)O.NC(CN1C(=O)c2ccccc2C1=O)C(=O)O.NCC(N)C(=O)O.[CH3-].[W]. The molecule has 0 aliphatic carbocycles. The van der Waals surface area contributed by atoms with Gasteiger partial charge in [0.2, 0.25) is 0 Å². The predicted octanol–water partition coefficient (Wildman–Crippen LogP) is -0.832. The smallest absolute Gasteiger partial charge is 0.322 e. The Hall–Kier alpha value is -4.87. The summed E-state index contributed by atoms with van der Waals surface area (Å²) >= 11 is 0. The molecule has 2 aromatic carbocycles. The van der Waals surface area contributed by atoms with Gasteiger partial charge < -0.3 is 50.8 Å². The van der Waals surface area contributed by atoms with Crippen molar-refractivity contribution in [1.82, 2.24) is 9.80 Å². The predicted molar refractivity (Wildman–Crippen MR) is 173 cm³/mol. The Morgan fingerprint density at radius 2 is 0.860 bits per heavy atom. The molecule has 18 nitrogen and oxygen atoms in total. The standard InChI is InChI=1S/C12H11NO4.C11H10N2O4.C4H9NO2.C3H8N2O2.CH3.W/c1-7(12(16)17)6-13-10(14)8-4-2-3-5-9(8)11(13)15;12-8(11(16)17)5-13-9(14)6-3-1-2-4-7(6)10(13)15;1-3(2-5)4(6)7;4-1-2(5)3(6)7;;/h2-5,7H,6H2,1H3,(H,16,17);1-4,8H,5,12H2,(H,16,17);3H,2,5H2,1H3,(H,6,7);2H,1,4-5H2,(H,6,7);1H3;/q;;;;-1;. The van der Waals surface area contributed by atoms with E-state index in [1.807, 2.05) is 0 Å². The maximum Gasteiger partial charge on any atom is 0.322 e. The van der Waals surface area contributed by atoms with Gasteiger partial charge in [0.1, 0.15) is 12.1 Å². The van der Waals surface area contributed by atoms with Gasteiger partial charge in [-0.25, -0.2) is 0 Å². The fourth-order valence-corrected chi connectivity index (χ4v) is 3.64. The molecule has 4 amide bonds. The van der Waals surface area contributed by atoms with Crippen molar-refractivity contribution in [3.8, 4) is 0 Å². The number of hydrogen-bond acceptors (Lipinski definition) is 12. The molecule has 4 unspecified atom stereocenters. The Morgan fingerprint density at radius 3 is 1.06 bits per heavy atom. The molecule has 2 aromatic rings. The van der Waals surface area contributed by atoms with Gasteiger partial charge in [0, 0.05) is 40.7 Å². The van der Waals surface area contributed by atoms with Crippen LogP contribution in [0, 0.1) is 19.3 Å². The molecule has 274 valence electrons. The third-order valence-corrected chi connectivity index (χ3v) is 6.68. The van der Waals surface area contributed by atoms with Crippen LogP contribution in [-0.4, -0.2) is 116 Å². The van der Waals surface area contributed by atoms with E-state index in [9.17, 15) is 38.4 Å². The minimum Gasteiger partial charge on any atom is -0.481 e. The number of nitrogens with zero attached hydrogens (tertiary/aromatic N) is 2. The quantitative estimate of drug-likeness (QED) is 0.107. The van der Waals surface area contributed by atoms with Gasteiger partial charge in [-0.2, -0.15) is 0 Å². The molecule has 2 aliphatic heterocycles. The number of hydrogen-bond donors (Lipinski definition) is 8. The number of carboxylic acids is 4. The van der Waals surface area contributed by atoms with Crippen molar-refractivity contribution < 1.29 is 79.8 Å². The molecule has 2 aliphatic rings. The summed E-state index contributed by atoms with van der Waals surface area (Å²) in [5, 5.41) is 33.5. The number of carbonyl (C=O) groups is 8. The molecule has 19 heteroatoms. The van der Waals surface area contributed by atoms with Crippen LogP contribution in [0.15, 0.2) is 48.5 Å². The third-order valence-electron chi connectivity index (χ3n) is 6.68. The number of aliphatic carboxylic acids is 4. The van der Waals surface area contributed by atoms with Gasteiger partial charge in [-0.1, -0.05) is 38.1 Å². The molecule has 2 heterocycles. The van der Waals surface area contributed by atoms with Crippen molar-refractivity contribution in [1.29, 1.82) is 0 Å². The summed E-state index contributed by atoms with van der Waals surface area (Å²) in [7, 11) is 0. The minimum absolute atomic E-state index is 0. The largest absolute Gasteiger partial charge is 0.481 e. The molecule has 0 bridgehead atoms. The summed E-state index contributed by atoms with van der Waals surface area (Å²) < 4.78 is 0. The van der Waals surface area contributed by atoms with Crippen LogP contribution in [0.1, 0.15) is 55.3 Å². The number of carboxylic acid groups (broad SMARTS) is 4. The molecule has 0 aromatic heterocycles. The van der Waals surface area contributed by atoms with E-state index in [1.54, 1.807) is 43.3 Å². The Bertz CT molecular complexity index is 1370. The number of fused-ring (bicyclic) bond motifs is 2. The van der Waals surface area contributed by atoms with E-state index in [-0.39, 0.29) is 65.8 Å². The molecule has 0 spiro atoms. The van der Waals surface area contributed by atoms with Crippen molar-refractivity contribution in [3.63, 3.8) is 0 Å². The van der Waals surface area contributed by atoms with Crippen LogP contribution in [0.25, 0.3) is 0 Å². The van der Waals surface area contributed by atoms with E-state index in [0.29, 0.717) is 11.1 Å². The van der Waals surface area contributed by atoms with E-state index in [2.05, 4.69) is 0 Å². The Labute approximate surface area is 301 Å². The topological polar surface area (TPSA) is 328 Å². The van der Waals surface area contributed by atoms with E-state index in [4.69, 9.17) is 43.4 Å². The summed E-state index contributed by atoms with van der Waals surface area (Å²) in [4.78, 5) is 90.2. The van der Waals surface area contributed by atoms with Gasteiger partial charge in [0.25, 0.3) is 23.6 Å². The number of carbonyl (C=O) groups excluding carboxylic acids is 4. The van der Waals surface area contributed by atoms with Gasteiger partial charge in [0.05, 0.1) is 40.6 Å². The average molecular weight is 874 g/mol. The zero-order chi connectivity index (χ0) is 36.9. The van der Waals surface area contributed by atoms with Crippen molar-refractivity contribution in [2.24, 2.45) is 34.8 Å². The van der Waals surface area contributed by atoms with E-state index in [1.165, 1.54) is 19.1 Å². The fourth-order valence-electron chi connectivity index (χ4n) is 3.64. The van der Waals surface area contributed by atoms with Crippen LogP contribution in [0.4, 0.5) is 0 Å². The minimum atomic E-state index is -1.27. The van der Waals surface area contributed by atoms with Crippen LogP contribution in [0.3, 0.4) is 0 Å². The Kier molecular flexibility index (Phi) is 20.8. The Balaban J connectivity index is 0. The maximum atomic E-state index is 11.9. The van der Waals surface area contributed by atoms with Crippen LogP contribution in [0.5, 0.6) is 0 Å². The molecule has 50 heavy (non-hydrogen) atoms. The summed E-state index contributed by atoms with van der Waals surface area (Å²) in [6.45, 7) is 2.84. The summed E-state index contributed by atoms with van der Waals surface area (Å²) in [6.07, 6.45) is 0. The van der Waals surface area contributed by atoms with E-state index in [0.717, 1.165) is 9.80 Å². The summed E-state index contributed by atoms with van der Waals surface area (Å²) in [5.41, 5.74) is 21.3. The Morgan fingerprint density at radius 1 is 0.560 bits per heavy atom. The van der Waals surface area contributed by atoms with Gasteiger partial charge in [0.15, 0.2) is 0 Å². The van der Waals surface area contributed by atoms with Crippen LogP contribution in [0.2, 0.25) is 0 Å². The van der Waals surface area contributed by atoms with Crippen LogP contribution >= 0.6 is 0 Å². The molecular formula is C31H41N6O12W-. The molecule has 4 rings (SSSR count). The number of imide groups is 2. The van der Waals surface area contributed by atoms with E-state index < -0.39 is 71.4 Å². The molecule has 4 atom stereocenters. The van der Waals surface area contributed by atoms with Crippen molar-refractivity contribution in [2.45, 2.75) is 25.9 Å². The van der Waals surface area contributed by atoms with Gasteiger partial charge in [-0.3, -0.25) is 48.2 Å². The van der Waals surface area contributed by atoms with Gasteiger partial charge in [-0.15, -0.1) is 0 Å². The third kappa shape index (κ3) is 12.9. The number of rotatable bonds is 10. The molecular weight excluding hydrogens is 832 g/mol. The molecule has 12 N–H and O–H groups in total. The second kappa shape index (κ2) is 22.0. The van der Waals surface area contributed by atoms with E-state index >= 15 is 0 Å². The zero-order valence-electron chi connectivity index (χ0n) is 27.4. The van der Waals surface area contributed by atoms with Gasteiger partial charge >= 0.3 is 23.9 Å². The monoisotopic (exact) mass is 873 g/mol. The zero-order valence-corrected chi connectivity index (χ0v) is 30.4. The van der Waals surface area contributed by atoms with Crippen LogP contribution < -0.4 is 22.9 Å². The molecule has 0 saturated carbocycles. The number of nitrogens with two attached hydrogens (primary N) is 4. The normalized spacial score (nSPS) is 14.6. The first-order valence-corrected chi connectivity index (χ1v) is 14.1. The first-order valence-electron chi connectivity index (χ1n) is 14.1. The summed E-state index contributed by atoms with van der Waals surface area (Å²) in [6, 6.07) is 10.7. The average Bonchev–Trinajstić information content (AvgIpc) is 3.44. The second-order valence-electron chi connectivity index (χ2n) is 10.4. The van der Waals surface area contributed by atoms with Crippen LogP contribution in [-0.2, 0) is 40.2 Å². The molecule has 0 radical (unpaired) electrons. The van der Waals surface area contributed by atoms with Crippen molar-refractivity contribution in [2.75, 3.05) is 26.2 Å². The maximum absolute atomic E-state index is 11.9.